The highest BCUT2D eigenvalue weighted by molar-refractivity contribution is 5.72. The lowest BCUT2D eigenvalue weighted by molar-refractivity contribution is -0.156. The van der Waals surface area contributed by atoms with Crippen molar-refractivity contribution in [1.29, 1.82) is 0 Å². The van der Waals surface area contributed by atoms with Crippen molar-refractivity contribution < 1.29 is 14.6 Å². The third-order valence-electron chi connectivity index (χ3n) is 4.37. The molecule has 2 aliphatic carbocycles. The Bertz CT molecular complexity index is 248. The van der Waals surface area contributed by atoms with E-state index in [0.717, 1.165) is 38.5 Å². The summed E-state index contributed by atoms with van der Waals surface area (Å²) < 4.78 is 5.68. The van der Waals surface area contributed by atoms with Crippen LogP contribution >= 0.6 is 0 Å². The highest BCUT2D eigenvalue weighted by atomic mass is 16.5. The molecule has 0 spiro atoms. The minimum Gasteiger partial charge on any atom is -0.462 e. The van der Waals surface area contributed by atoms with Crippen molar-refractivity contribution in [2.45, 2.75) is 82.8 Å². The molecule has 0 heterocycles. The lowest BCUT2D eigenvalue weighted by atomic mass is 9.87. The Morgan fingerprint density at radius 2 is 1.39 bits per heavy atom. The SMILES string of the molecule is O=C(OC1CCCCCCC1)C1CCC(O)CC1. The van der Waals surface area contributed by atoms with Crippen molar-refractivity contribution >= 4 is 5.97 Å². The summed E-state index contributed by atoms with van der Waals surface area (Å²) in [5, 5.41) is 9.45. The van der Waals surface area contributed by atoms with Crippen LogP contribution in [0.25, 0.3) is 0 Å². The van der Waals surface area contributed by atoms with E-state index in [1.807, 2.05) is 0 Å². The lowest BCUT2D eigenvalue weighted by Crippen LogP contribution is -2.29. The zero-order valence-electron chi connectivity index (χ0n) is 11.3. The van der Waals surface area contributed by atoms with Crippen molar-refractivity contribution in [3.05, 3.63) is 0 Å². The van der Waals surface area contributed by atoms with E-state index in [2.05, 4.69) is 0 Å². The fourth-order valence-electron chi connectivity index (χ4n) is 3.11. The van der Waals surface area contributed by atoms with E-state index in [-0.39, 0.29) is 24.1 Å². The minimum atomic E-state index is -0.199. The topological polar surface area (TPSA) is 46.5 Å². The van der Waals surface area contributed by atoms with Crippen molar-refractivity contribution in [3.8, 4) is 0 Å². The summed E-state index contributed by atoms with van der Waals surface area (Å²) in [6, 6.07) is 0. The van der Waals surface area contributed by atoms with E-state index < -0.39 is 0 Å². The fraction of sp³-hybridized carbons (Fsp3) is 0.933. The molecular formula is C15H26O3. The maximum absolute atomic E-state index is 12.1. The number of esters is 1. The zero-order chi connectivity index (χ0) is 12.8. The van der Waals surface area contributed by atoms with E-state index in [1.165, 1.54) is 32.1 Å². The molecule has 2 fully saturated rings. The first-order chi connectivity index (χ1) is 8.75. The molecule has 0 aromatic carbocycles. The maximum atomic E-state index is 12.1. The zero-order valence-corrected chi connectivity index (χ0v) is 11.3. The first-order valence-electron chi connectivity index (χ1n) is 7.64. The predicted molar refractivity (Wildman–Crippen MR) is 70.2 cm³/mol. The van der Waals surface area contributed by atoms with Crippen LogP contribution in [0.3, 0.4) is 0 Å². The Hall–Kier alpha value is -0.570. The second kappa shape index (κ2) is 7.13. The average Bonchev–Trinajstić information content (AvgIpc) is 2.33. The van der Waals surface area contributed by atoms with Crippen LogP contribution in [0.4, 0.5) is 0 Å². The van der Waals surface area contributed by atoms with Crippen molar-refractivity contribution in [3.63, 3.8) is 0 Å². The first kappa shape index (κ1) is 13.9. The standard InChI is InChI=1S/C15H26O3/c16-13-10-8-12(9-11-13)15(17)18-14-6-4-2-1-3-5-7-14/h12-14,16H,1-11H2. The van der Waals surface area contributed by atoms with Gasteiger partial charge in [0.15, 0.2) is 0 Å². The number of carbonyl (C=O) groups is 1. The third-order valence-corrected chi connectivity index (χ3v) is 4.37. The second-order valence-corrected chi connectivity index (χ2v) is 5.91. The molecule has 3 heteroatoms. The summed E-state index contributed by atoms with van der Waals surface area (Å²) in [5.41, 5.74) is 0. The molecule has 0 aromatic rings. The van der Waals surface area contributed by atoms with Crippen molar-refractivity contribution in [1.82, 2.24) is 0 Å². The van der Waals surface area contributed by atoms with Crippen LogP contribution in [0.1, 0.15) is 70.6 Å². The summed E-state index contributed by atoms with van der Waals surface area (Å²) in [6.45, 7) is 0. The van der Waals surface area contributed by atoms with Gasteiger partial charge in [-0.3, -0.25) is 4.79 Å². The summed E-state index contributed by atoms with van der Waals surface area (Å²) in [6.07, 6.45) is 11.4. The summed E-state index contributed by atoms with van der Waals surface area (Å²) in [7, 11) is 0. The smallest absolute Gasteiger partial charge is 0.309 e. The molecule has 2 aliphatic rings. The summed E-state index contributed by atoms with van der Waals surface area (Å²) >= 11 is 0. The van der Waals surface area contributed by atoms with Gasteiger partial charge in [-0.15, -0.1) is 0 Å². The largest absolute Gasteiger partial charge is 0.462 e. The van der Waals surface area contributed by atoms with Gasteiger partial charge in [0, 0.05) is 0 Å². The number of rotatable bonds is 2. The Morgan fingerprint density at radius 1 is 0.833 bits per heavy atom. The molecule has 0 atom stereocenters. The lowest BCUT2D eigenvalue weighted by Gasteiger charge is -2.27. The third kappa shape index (κ3) is 4.27. The van der Waals surface area contributed by atoms with Gasteiger partial charge in [0.05, 0.1) is 12.0 Å². The van der Waals surface area contributed by atoms with E-state index >= 15 is 0 Å². The monoisotopic (exact) mass is 254 g/mol. The molecule has 0 aromatic heterocycles. The van der Waals surface area contributed by atoms with Crippen molar-refractivity contribution in [2.24, 2.45) is 5.92 Å². The van der Waals surface area contributed by atoms with E-state index in [1.54, 1.807) is 0 Å². The van der Waals surface area contributed by atoms with E-state index in [9.17, 15) is 9.90 Å². The molecule has 0 amide bonds. The second-order valence-electron chi connectivity index (χ2n) is 5.91. The Balaban J connectivity index is 1.75. The van der Waals surface area contributed by atoms with Crippen LogP contribution in [0.2, 0.25) is 0 Å². The van der Waals surface area contributed by atoms with E-state index in [4.69, 9.17) is 4.74 Å². The Labute approximate surface area is 110 Å². The molecule has 0 saturated heterocycles. The molecule has 1 N–H and O–H groups in total. The van der Waals surface area contributed by atoms with Crippen LogP contribution in [0.5, 0.6) is 0 Å². The van der Waals surface area contributed by atoms with Crippen LogP contribution < -0.4 is 0 Å². The van der Waals surface area contributed by atoms with E-state index in [0.29, 0.717) is 0 Å². The molecular weight excluding hydrogens is 228 g/mol. The first-order valence-corrected chi connectivity index (χ1v) is 7.64. The molecule has 2 rings (SSSR count). The van der Waals surface area contributed by atoms with Gasteiger partial charge in [-0.05, 0) is 51.4 Å². The maximum Gasteiger partial charge on any atom is 0.309 e. The molecule has 0 unspecified atom stereocenters. The number of ether oxygens (including phenoxy) is 1. The molecule has 104 valence electrons. The van der Waals surface area contributed by atoms with Crippen LogP contribution in [0.15, 0.2) is 0 Å². The van der Waals surface area contributed by atoms with Gasteiger partial charge in [0.2, 0.25) is 0 Å². The normalized spacial score (nSPS) is 31.4. The average molecular weight is 254 g/mol. The van der Waals surface area contributed by atoms with Crippen molar-refractivity contribution in [2.75, 3.05) is 0 Å². The van der Waals surface area contributed by atoms with Gasteiger partial charge in [-0.25, -0.2) is 0 Å². The Kier molecular flexibility index (Phi) is 5.48. The number of hydrogen-bond acceptors (Lipinski definition) is 3. The molecule has 0 aliphatic heterocycles. The Morgan fingerprint density at radius 3 is 2.00 bits per heavy atom. The highest BCUT2D eigenvalue weighted by Crippen LogP contribution is 2.27. The van der Waals surface area contributed by atoms with Gasteiger partial charge < -0.3 is 9.84 Å². The van der Waals surface area contributed by atoms with Gasteiger partial charge in [0.25, 0.3) is 0 Å². The van der Waals surface area contributed by atoms with Gasteiger partial charge in [-0.1, -0.05) is 19.3 Å². The summed E-state index contributed by atoms with van der Waals surface area (Å²) in [4.78, 5) is 12.1. The number of aliphatic hydroxyl groups excluding tert-OH is 1. The quantitative estimate of drug-likeness (QED) is 0.770. The highest BCUT2D eigenvalue weighted by Gasteiger charge is 2.28. The number of hydrogen-bond donors (Lipinski definition) is 1. The molecule has 3 nitrogen and oxygen atoms in total. The summed E-state index contributed by atoms with van der Waals surface area (Å²) in [5.74, 6) is 0.0336. The van der Waals surface area contributed by atoms with Gasteiger partial charge in [0.1, 0.15) is 6.10 Å². The van der Waals surface area contributed by atoms with Crippen LogP contribution in [0, 0.1) is 5.92 Å². The minimum absolute atomic E-state index is 0.00697. The molecule has 2 saturated carbocycles. The van der Waals surface area contributed by atoms with Crippen LogP contribution in [-0.2, 0) is 9.53 Å². The van der Waals surface area contributed by atoms with Crippen LogP contribution in [-0.4, -0.2) is 23.3 Å². The fourth-order valence-corrected chi connectivity index (χ4v) is 3.11. The molecule has 0 radical (unpaired) electrons. The van der Waals surface area contributed by atoms with Gasteiger partial charge in [-0.2, -0.15) is 0 Å². The molecule has 0 bridgehead atoms. The van der Waals surface area contributed by atoms with Gasteiger partial charge >= 0.3 is 5.97 Å². The number of aliphatic hydroxyl groups is 1. The predicted octanol–water partition coefficient (Wildman–Crippen LogP) is 3.19. The molecule has 18 heavy (non-hydrogen) atoms. The number of carbonyl (C=O) groups excluding carboxylic acids is 1.